The molecule has 0 aliphatic rings. The SMILES string of the molecule is C[C@@H](NC(=O)c1cc(=O)[nH]c(-c2ncccn2)n1)c1ccc(OC(F)(F)F)c(F)c1. The summed E-state index contributed by atoms with van der Waals surface area (Å²) in [5.41, 5.74) is -0.692. The summed E-state index contributed by atoms with van der Waals surface area (Å²) >= 11 is 0. The molecule has 0 saturated heterocycles. The van der Waals surface area contributed by atoms with Gasteiger partial charge in [-0.15, -0.1) is 13.2 Å². The minimum atomic E-state index is -5.03. The molecule has 1 aromatic carbocycles. The van der Waals surface area contributed by atoms with Crippen LogP contribution in [-0.2, 0) is 0 Å². The van der Waals surface area contributed by atoms with Crippen LogP contribution in [0.25, 0.3) is 11.6 Å². The Morgan fingerprint density at radius 3 is 2.53 bits per heavy atom. The number of ether oxygens (including phenoxy) is 1. The van der Waals surface area contributed by atoms with Gasteiger partial charge in [-0.05, 0) is 30.7 Å². The van der Waals surface area contributed by atoms with Crippen molar-refractivity contribution >= 4 is 5.91 Å². The van der Waals surface area contributed by atoms with Gasteiger partial charge in [0, 0.05) is 18.5 Å². The van der Waals surface area contributed by atoms with Crippen LogP contribution in [0.3, 0.4) is 0 Å². The highest BCUT2D eigenvalue weighted by atomic mass is 19.4. The number of alkyl halides is 3. The van der Waals surface area contributed by atoms with Crippen LogP contribution in [0.2, 0.25) is 0 Å². The molecule has 12 heteroatoms. The predicted octanol–water partition coefficient (Wildman–Crippen LogP) is 2.76. The fourth-order valence-electron chi connectivity index (χ4n) is 2.45. The molecule has 0 aliphatic carbocycles. The maximum atomic E-state index is 13.9. The van der Waals surface area contributed by atoms with E-state index in [1.54, 1.807) is 6.07 Å². The Morgan fingerprint density at radius 1 is 1.20 bits per heavy atom. The van der Waals surface area contributed by atoms with Gasteiger partial charge in [0.15, 0.2) is 23.2 Å². The quantitative estimate of drug-likeness (QED) is 0.611. The zero-order chi connectivity index (χ0) is 21.9. The predicted molar refractivity (Wildman–Crippen MR) is 94.8 cm³/mol. The Balaban J connectivity index is 1.78. The normalized spacial score (nSPS) is 12.3. The minimum Gasteiger partial charge on any atom is -0.403 e. The van der Waals surface area contributed by atoms with E-state index in [4.69, 9.17) is 0 Å². The van der Waals surface area contributed by atoms with Gasteiger partial charge in [0.1, 0.15) is 5.69 Å². The number of nitrogens with zero attached hydrogens (tertiary/aromatic N) is 3. The molecule has 2 N–H and O–H groups in total. The first-order valence-corrected chi connectivity index (χ1v) is 8.37. The van der Waals surface area contributed by atoms with Crippen molar-refractivity contribution in [3.05, 3.63) is 70.2 Å². The topological polar surface area (TPSA) is 110 Å². The monoisotopic (exact) mass is 423 g/mol. The van der Waals surface area contributed by atoms with Gasteiger partial charge in [-0.25, -0.2) is 19.3 Å². The van der Waals surface area contributed by atoms with Gasteiger partial charge in [0.25, 0.3) is 11.5 Å². The number of hydrogen-bond donors (Lipinski definition) is 2. The van der Waals surface area contributed by atoms with Gasteiger partial charge in [0.2, 0.25) is 0 Å². The van der Waals surface area contributed by atoms with Gasteiger partial charge in [0.05, 0.1) is 6.04 Å². The zero-order valence-corrected chi connectivity index (χ0v) is 15.2. The van der Waals surface area contributed by atoms with Gasteiger partial charge >= 0.3 is 6.36 Å². The van der Waals surface area contributed by atoms with E-state index >= 15 is 0 Å². The second-order valence-electron chi connectivity index (χ2n) is 5.98. The number of carbonyl (C=O) groups excluding carboxylic acids is 1. The highest BCUT2D eigenvalue weighted by Gasteiger charge is 2.32. The van der Waals surface area contributed by atoms with E-state index in [0.29, 0.717) is 0 Å². The summed E-state index contributed by atoms with van der Waals surface area (Å²) in [6.45, 7) is 1.48. The second-order valence-corrected chi connectivity index (χ2v) is 5.98. The van der Waals surface area contributed by atoms with Gasteiger partial charge < -0.3 is 15.0 Å². The zero-order valence-electron chi connectivity index (χ0n) is 15.2. The Kier molecular flexibility index (Phi) is 5.76. The third-order valence-electron chi connectivity index (χ3n) is 3.78. The van der Waals surface area contributed by atoms with Crippen molar-refractivity contribution in [2.45, 2.75) is 19.3 Å². The molecule has 0 aliphatic heterocycles. The molecule has 0 fully saturated rings. The maximum absolute atomic E-state index is 13.9. The van der Waals surface area contributed by atoms with Crippen molar-refractivity contribution in [1.29, 1.82) is 0 Å². The van der Waals surface area contributed by atoms with Crippen molar-refractivity contribution in [2.24, 2.45) is 0 Å². The van der Waals surface area contributed by atoms with Crippen molar-refractivity contribution < 1.29 is 27.1 Å². The van der Waals surface area contributed by atoms with Crippen molar-refractivity contribution in [3.8, 4) is 17.4 Å². The molecule has 0 saturated carbocycles. The van der Waals surface area contributed by atoms with E-state index in [-0.39, 0.29) is 22.9 Å². The summed E-state index contributed by atoms with van der Waals surface area (Å²) in [6.07, 6.45) is -2.18. The van der Waals surface area contributed by atoms with E-state index in [9.17, 15) is 27.2 Å². The number of rotatable bonds is 5. The lowest BCUT2D eigenvalue weighted by atomic mass is 10.1. The lowest BCUT2D eigenvalue weighted by molar-refractivity contribution is -0.275. The fourth-order valence-corrected chi connectivity index (χ4v) is 2.45. The molecule has 3 aromatic rings. The number of benzene rings is 1. The number of H-pyrrole nitrogens is 1. The summed E-state index contributed by atoms with van der Waals surface area (Å²) in [5, 5.41) is 2.49. The highest BCUT2D eigenvalue weighted by molar-refractivity contribution is 5.92. The molecule has 2 aromatic heterocycles. The highest BCUT2D eigenvalue weighted by Crippen LogP contribution is 2.27. The summed E-state index contributed by atoms with van der Waals surface area (Å²) in [4.78, 5) is 38.6. The van der Waals surface area contributed by atoms with E-state index in [0.717, 1.165) is 18.2 Å². The van der Waals surface area contributed by atoms with E-state index in [1.165, 1.54) is 25.4 Å². The number of amides is 1. The molecule has 0 bridgehead atoms. The first kappa shape index (κ1) is 20.9. The lowest BCUT2D eigenvalue weighted by Gasteiger charge is -2.16. The number of aromatic nitrogens is 4. The summed E-state index contributed by atoms with van der Waals surface area (Å²) in [5.74, 6) is -2.93. The summed E-state index contributed by atoms with van der Waals surface area (Å²) in [6, 6.07) is 4.48. The molecule has 2 heterocycles. The summed E-state index contributed by atoms with van der Waals surface area (Å²) in [7, 11) is 0. The number of hydrogen-bond acceptors (Lipinski definition) is 6. The molecule has 0 spiro atoms. The molecule has 0 unspecified atom stereocenters. The van der Waals surface area contributed by atoms with Crippen LogP contribution in [0, 0.1) is 5.82 Å². The Hall–Kier alpha value is -3.83. The van der Waals surface area contributed by atoms with Crippen molar-refractivity contribution in [2.75, 3.05) is 0 Å². The van der Waals surface area contributed by atoms with Gasteiger partial charge in [-0.3, -0.25) is 9.59 Å². The maximum Gasteiger partial charge on any atom is 0.573 e. The van der Waals surface area contributed by atoms with E-state index in [1.807, 2.05) is 0 Å². The largest absolute Gasteiger partial charge is 0.573 e. The molecule has 3 rings (SSSR count). The average molecular weight is 423 g/mol. The lowest BCUT2D eigenvalue weighted by Crippen LogP contribution is -2.29. The number of carbonyl (C=O) groups is 1. The second kappa shape index (κ2) is 8.27. The first-order valence-electron chi connectivity index (χ1n) is 8.37. The Bertz CT molecular complexity index is 1120. The van der Waals surface area contributed by atoms with Crippen LogP contribution in [-0.4, -0.2) is 32.2 Å². The van der Waals surface area contributed by atoms with Crippen molar-refractivity contribution in [3.63, 3.8) is 0 Å². The van der Waals surface area contributed by atoms with Gasteiger partial charge in [-0.2, -0.15) is 0 Å². The molecular formula is C18H13F4N5O3. The van der Waals surface area contributed by atoms with Crippen LogP contribution in [0.4, 0.5) is 17.6 Å². The molecule has 8 nitrogen and oxygen atoms in total. The molecule has 156 valence electrons. The van der Waals surface area contributed by atoms with Crippen LogP contribution in [0.5, 0.6) is 5.75 Å². The number of halogens is 4. The average Bonchev–Trinajstić information content (AvgIpc) is 2.68. The number of nitrogens with one attached hydrogen (secondary N) is 2. The third-order valence-corrected chi connectivity index (χ3v) is 3.78. The van der Waals surface area contributed by atoms with Crippen LogP contribution in [0.15, 0.2) is 47.5 Å². The van der Waals surface area contributed by atoms with Crippen LogP contribution in [0.1, 0.15) is 29.0 Å². The standard InChI is InChI=1S/C18H13F4N5O3/c1-9(10-3-4-13(11(19)7-10)30-18(20,21)22)25-17(29)12-8-14(28)27-16(26-12)15-23-5-2-6-24-15/h2-9H,1H3,(H,25,29)(H,26,27,28)/t9-/m1/s1. The molecule has 1 atom stereocenters. The smallest absolute Gasteiger partial charge is 0.403 e. The fraction of sp³-hybridized carbons (Fsp3) is 0.167. The Labute approximate surface area is 166 Å². The van der Waals surface area contributed by atoms with Crippen LogP contribution < -0.4 is 15.6 Å². The van der Waals surface area contributed by atoms with E-state index < -0.39 is 35.4 Å². The first-order chi connectivity index (χ1) is 14.1. The number of aromatic amines is 1. The van der Waals surface area contributed by atoms with E-state index in [2.05, 4.69) is 30.0 Å². The molecule has 1 amide bonds. The molecule has 0 radical (unpaired) electrons. The third kappa shape index (κ3) is 5.16. The molecule has 30 heavy (non-hydrogen) atoms. The minimum absolute atomic E-state index is 0.0272. The van der Waals surface area contributed by atoms with Gasteiger partial charge in [-0.1, -0.05) is 6.07 Å². The summed E-state index contributed by atoms with van der Waals surface area (Å²) < 4.78 is 54.2. The Morgan fingerprint density at radius 2 is 1.90 bits per heavy atom. The van der Waals surface area contributed by atoms with Crippen LogP contribution >= 0.6 is 0 Å². The molecular weight excluding hydrogens is 410 g/mol. The van der Waals surface area contributed by atoms with Crippen molar-refractivity contribution in [1.82, 2.24) is 25.3 Å².